The van der Waals surface area contributed by atoms with Crippen LogP contribution in [0.3, 0.4) is 0 Å². The van der Waals surface area contributed by atoms with E-state index in [0.29, 0.717) is 16.8 Å². The zero-order chi connectivity index (χ0) is 32.8. The number of rotatable bonds is 3. The van der Waals surface area contributed by atoms with E-state index in [0.717, 1.165) is 43.1 Å². The Kier molecular flexibility index (Phi) is 3.86. The van der Waals surface area contributed by atoms with E-state index in [1.54, 1.807) is 18.2 Å². The number of fused-ring (bicyclic) bond motifs is 7. The Hall–Kier alpha value is -4.21. The molecule has 7 rings (SSSR count). The minimum Gasteiger partial charge on any atom is -0.455 e. The summed E-state index contributed by atoms with van der Waals surface area (Å²) < 4.78 is 65.8. The molecule has 39 heavy (non-hydrogen) atoms. The van der Waals surface area contributed by atoms with Crippen LogP contribution in [0.25, 0.3) is 65.9 Å². The predicted octanol–water partition coefficient (Wildman–Crippen LogP) is 9.78. The molecule has 0 unspecified atom stereocenters. The quantitative estimate of drug-likeness (QED) is 0.168. The third-order valence-electron chi connectivity index (χ3n) is 7.63. The van der Waals surface area contributed by atoms with Gasteiger partial charge in [0.1, 0.15) is 11.2 Å². The van der Waals surface area contributed by atoms with E-state index >= 15 is 0 Å². The largest absolute Gasteiger partial charge is 0.455 e. The van der Waals surface area contributed by atoms with Crippen molar-refractivity contribution in [3.63, 3.8) is 0 Å². The fraction of sp³-hybridized carbons (Fsp3) is 0.139. The molecule has 0 saturated carbocycles. The molecule has 0 aliphatic carbocycles. The second kappa shape index (κ2) is 8.65. The monoisotopic (exact) mass is 528 g/mol. The molecule has 0 saturated heterocycles. The number of benzene rings is 5. The lowest BCUT2D eigenvalue weighted by Gasteiger charge is -2.19. The number of furan rings is 1. The Morgan fingerprint density at radius 1 is 0.692 bits per heavy atom. The predicted molar refractivity (Wildman–Crippen MR) is 170 cm³/mol. The number of nitrogens with zero attached hydrogens (tertiary/aromatic N) is 1. The first-order valence-corrected chi connectivity index (χ1v) is 16.6. The molecule has 3 heteroatoms. The standard InChI is InChI=1S/C36H31NOSi/c1-22-19-26(39(3,4)5)16-18-27(22)32-20-33(37-21-23(32)2)31-12-8-11-29-30-17-15-25-14-13-24-9-6-7-10-28(24)34(25)36(30)38-35(29)31/h6-21H,1-5H3/i1D3,2D3,18D. The highest BCUT2D eigenvalue weighted by Gasteiger charge is 2.19. The first kappa shape index (κ1) is 17.4. The lowest BCUT2D eigenvalue weighted by atomic mass is 9.95. The Morgan fingerprint density at radius 3 is 2.31 bits per heavy atom. The summed E-state index contributed by atoms with van der Waals surface area (Å²) in [6.07, 6.45) is 1.29. The molecule has 190 valence electrons. The van der Waals surface area contributed by atoms with Crippen LogP contribution in [-0.2, 0) is 0 Å². The van der Waals surface area contributed by atoms with Crippen LogP contribution in [0.1, 0.15) is 20.7 Å². The van der Waals surface area contributed by atoms with Gasteiger partial charge in [-0.25, -0.2) is 0 Å². The van der Waals surface area contributed by atoms with Crippen LogP contribution in [0.2, 0.25) is 19.6 Å². The molecular formula is C36H31NOSi. The highest BCUT2D eigenvalue weighted by molar-refractivity contribution is 6.88. The van der Waals surface area contributed by atoms with Gasteiger partial charge in [0.15, 0.2) is 0 Å². The summed E-state index contributed by atoms with van der Waals surface area (Å²) in [5.74, 6) is 0. The van der Waals surface area contributed by atoms with Gasteiger partial charge in [-0.1, -0.05) is 97.6 Å². The maximum Gasteiger partial charge on any atom is 0.144 e. The molecule has 0 aliphatic rings. The molecule has 7 aromatic rings. The van der Waals surface area contributed by atoms with Crippen molar-refractivity contribution >= 4 is 56.7 Å². The molecular weight excluding hydrogens is 490 g/mol. The third-order valence-corrected chi connectivity index (χ3v) is 9.65. The lowest BCUT2D eigenvalue weighted by Crippen LogP contribution is -2.37. The van der Waals surface area contributed by atoms with Crippen molar-refractivity contribution < 1.29 is 14.0 Å². The Balaban J connectivity index is 1.53. The molecule has 2 heterocycles. The van der Waals surface area contributed by atoms with E-state index in [1.807, 2.05) is 36.4 Å². The van der Waals surface area contributed by atoms with Gasteiger partial charge in [-0.3, -0.25) is 4.98 Å². The SMILES string of the molecule is [2H]c1cc([Si](C)(C)C)cc(C([2H])([2H])[2H])c1-c1cc(-c2cccc3c2oc2c3ccc3ccc4ccccc4c32)ncc1C([2H])([2H])[2H]. The van der Waals surface area contributed by atoms with Crippen molar-refractivity contribution in [2.45, 2.75) is 33.3 Å². The maximum atomic E-state index is 9.02. The zero-order valence-corrected chi connectivity index (χ0v) is 23.0. The smallest absolute Gasteiger partial charge is 0.144 e. The van der Waals surface area contributed by atoms with E-state index < -0.39 is 21.8 Å². The van der Waals surface area contributed by atoms with Crippen molar-refractivity contribution in [1.29, 1.82) is 0 Å². The molecule has 2 nitrogen and oxygen atoms in total. The first-order valence-electron chi connectivity index (χ1n) is 16.6. The van der Waals surface area contributed by atoms with Gasteiger partial charge >= 0.3 is 0 Å². The van der Waals surface area contributed by atoms with Gasteiger partial charge in [-0.05, 0) is 70.3 Å². The fourth-order valence-corrected chi connectivity index (χ4v) is 6.59. The van der Waals surface area contributed by atoms with Gasteiger partial charge in [0.2, 0.25) is 0 Å². The number of hydrogen-bond donors (Lipinski definition) is 0. The zero-order valence-electron chi connectivity index (χ0n) is 29.0. The van der Waals surface area contributed by atoms with Crippen LogP contribution in [0.4, 0.5) is 0 Å². The van der Waals surface area contributed by atoms with Gasteiger partial charge in [0, 0.05) is 36.1 Å². The number of aromatic nitrogens is 1. The topological polar surface area (TPSA) is 26.0 Å². The number of aryl methyl sites for hydroxylation is 2. The number of pyridine rings is 1. The van der Waals surface area contributed by atoms with Crippen LogP contribution in [0.15, 0.2) is 102 Å². The van der Waals surface area contributed by atoms with Crippen molar-refractivity contribution in [2.24, 2.45) is 0 Å². The van der Waals surface area contributed by atoms with Crippen LogP contribution in [0, 0.1) is 13.7 Å². The maximum absolute atomic E-state index is 9.02. The fourth-order valence-electron chi connectivity index (χ4n) is 5.51. The Morgan fingerprint density at radius 2 is 1.46 bits per heavy atom. The summed E-state index contributed by atoms with van der Waals surface area (Å²) in [7, 11) is -2.00. The molecule has 0 spiro atoms. The van der Waals surface area contributed by atoms with Crippen LogP contribution in [-0.4, -0.2) is 13.1 Å². The van der Waals surface area contributed by atoms with Crippen LogP contribution < -0.4 is 5.19 Å². The highest BCUT2D eigenvalue weighted by Crippen LogP contribution is 2.41. The second-order valence-corrected chi connectivity index (χ2v) is 16.2. The molecule has 5 aromatic carbocycles. The number of para-hydroxylation sites is 1. The van der Waals surface area contributed by atoms with E-state index in [2.05, 4.69) is 55.0 Å². The normalized spacial score (nSPS) is 15.5. The minimum absolute atomic E-state index is 0.0195. The minimum atomic E-state index is -2.60. The molecule has 0 bridgehead atoms. The Labute approximate surface area is 239 Å². The molecule has 0 atom stereocenters. The van der Waals surface area contributed by atoms with Gasteiger partial charge in [0.25, 0.3) is 0 Å². The van der Waals surface area contributed by atoms with E-state index in [1.165, 1.54) is 6.20 Å². The van der Waals surface area contributed by atoms with Gasteiger partial charge in [0.05, 0.1) is 15.1 Å². The molecule has 0 fully saturated rings. The van der Waals surface area contributed by atoms with Gasteiger partial charge < -0.3 is 4.42 Å². The van der Waals surface area contributed by atoms with Crippen LogP contribution >= 0.6 is 0 Å². The summed E-state index contributed by atoms with van der Waals surface area (Å²) in [5.41, 5.74) is 2.52. The van der Waals surface area contributed by atoms with Crippen molar-refractivity contribution in [3.8, 4) is 22.4 Å². The van der Waals surface area contributed by atoms with Crippen molar-refractivity contribution in [2.75, 3.05) is 0 Å². The second-order valence-electron chi connectivity index (χ2n) is 11.2. The molecule has 0 amide bonds. The molecule has 0 N–H and O–H groups in total. The summed E-state index contributed by atoms with van der Waals surface area (Å²) in [5, 5.41) is 6.89. The summed E-state index contributed by atoms with van der Waals surface area (Å²) in [4.78, 5) is 4.60. The van der Waals surface area contributed by atoms with E-state index in [4.69, 9.17) is 14.0 Å². The van der Waals surface area contributed by atoms with E-state index in [-0.39, 0.29) is 28.3 Å². The average Bonchev–Trinajstić information content (AvgIpc) is 3.38. The van der Waals surface area contributed by atoms with Crippen LogP contribution in [0.5, 0.6) is 0 Å². The van der Waals surface area contributed by atoms with Gasteiger partial charge in [-0.2, -0.15) is 0 Å². The third kappa shape index (κ3) is 3.80. The van der Waals surface area contributed by atoms with Gasteiger partial charge in [-0.15, -0.1) is 0 Å². The summed E-state index contributed by atoms with van der Waals surface area (Å²) in [6, 6.07) is 27.2. The summed E-state index contributed by atoms with van der Waals surface area (Å²) in [6.45, 7) is 1.09. The first-order chi connectivity index (χ1) is 21.6. The van der Waals surface area contributed by atoms with E-state index in [9.17, 15) is 0 Å². The molecule has 2 aromatic heterocycles. The lowest BCUT2D eigenvalue weighted by molar-refractivity contribution is 0.674. The average molecular weight is 529 g/mol. The number of hydrogen-bond acceptors (Lipinski definition) is 2. The van der Waals surface area contributed by atoms with Crippen molar-refractivity contribution in [1.82, 2.24) is 4.98 Å². The summed E-state index contributed by atoms with van der Waals surface area (Å²) >= 11 is 0. The highest BCUT2D eigenvalue weighted by atomic mass is 28.3. The van der Waals surface area contributed by atoms with Crippen molar-refractivity contribution in [3.05, 3.63) is 108 Å². The molecule has 0 aliphatic heterocycles. The molecule has 0 radical (unpaired) electrons. The Bertz CT molecular complexity index is 2350.